The third kappa shape index (κ3) is 2.82. The van der Waals surface area contributed by atoms with Crippen LogP contribution in [0.4, 0.5) is 10.1 Å². The van der Waals surface area contributed by atoms with Gasteiger partial charge in [0.25, 0.3) is 0 Å². The molecule has 0 saturated carbocycles. The van der Waals surface area contributed by atoms with Crippen molar-refractivity contribution in [2.45, 2.75) is 20.4 Å². The Bertz CT molecular complexity index is 546. The highest BCUT2D eigenvalue weighted by atomic mass is 35.5. The van der Waals surface area contributed by atoms with Crippen molar-refractivity contribution in [1.82, 2.24) is 0 Å². The summed E-state index contributed by atoms with van der Waals surface area (Å²) >= 11 is 6.13. The maximum atomic E-state index is 13.1. The summed E-state index contributed by atoms with van der Waals surface area (Å²) in [5.41, 5.74) is 3.72. The second-order valence-electron chi connectivity index (χ2n) is 4.37. The average molecular weight is 264 g/mol. The number of para-hydroxylation sites is 1. The molecule has 0 heterocycles. The van der Waals surface area contributed by atoms with E-state index in [4.69, 9.17) is 11.6 Å². The summed E-state index contributed by atoms with van der Waals surface area (Å²) in [6, 6.07) is 10.9. The molecule has 0 aromatic heterocycles. The molecule has 0 aliphatic carbocycles. The Balaban J connectivity index is 2.14. The van der Waals surface area contributed by atoms with Crippen LogP contribution < -0.4 is 5.32 Å². The summed E-state index contributed by atoms with van der Waals surface area (Å²) in [4.78, 5) is 0. The van der Waals surface area contributed by atoms with Crippen molar-refractivity contribution >= 4 is 17.3 Å². The number of nitrogens with one attached hydrogen (secondary N) is 1. The lowest BCUT2D eigenvalue weighted by Gasteiger charge is -2.12. The molecule has 0 atom stereocenters. The molecule has 1 N–H and O–H groups in total. The minimum absolute atomic E-state index is 0.173. The van der Waals surface area contributed by atoms with E-state index in [1.165, 1.54) is 6.07 Å². The van der Waals surface area contributed by atoms with Gasteiger partial charge in [0.15, 0.2) is 0 Å². The minimum Gasteiger partial charge on any atom is -0.380 e. The van der Waals surface area contributed by atoms with E-state index in [-0.39, 0.29) is 5.82 Å². The van der Waals surface area contributed by atoms with E-state index in [9.17, 15) is 4.39 Å². The van der Waals surface area contributed by atoms with E-state index in [1.54, 1.807) is 13.0 Å². The van der Waals surface area contributed by atoms with Crippen LogP contribution in [0.2, 0.25) is 5.02 Å². The van der Waals surface area contributed by atoms with Gasteiger partial charge in [-0.05, 0) is 42.7 Å². The Morgan fingerprint density at radius 1 is 1.11 bits per heavy atom. The van der Waals surface area contributed by atoms with Crippen molar-refractivity contribution < 1.29 is 4.39 Å². The molecule has 0 aliphatic rings. The second-order valence-corrected chi connectivity index (χ2v) is 4.78. The first-order valence-corrected chi connectivity index (χ1v) is 6.20. The molecule has 2 aromatic rings. The molecular formula is C15H15ClFN. The summed E-state index contributed by atoms with van der Waals surface area (Å²) < 4.78 is 13.1. The van der Waals surface area contributed by atoms with Crippen LogP contribution in [0.25, 0.3) is 0 Å². The van der Waals surface area contributed by atoms with Crippen LogP contribution in [0.1, 0.15) is 16.7 Å². The molecule has 2 rings (SSSR count). The monoisotopic (exact) mass is 263 g/mol. The van der Waals surface area contributed by atoms with E-state index in [2.05, 4.69) is 5.32 Å². The normalized spacial score (nSPS) is 10.4. The smallest absolute Gasteiger partial charge is 0.126 e. The number of anilines is 1. The van der Waals surface area contributed by atoms with Crippen LogP contribution in [0, 0.1) is 19.7 Å². The number of hydrogen-bond acceptors (Lipinski definition) is 1. The molecule has 0 aliphatic heterocycles. The Morgan fingerprint density at radius 3 is 2.56 bits per heavy atom. The van der Waals surface area contributed by atoms with E-state index in [0.29, 0.717) is 17.1 Å². The van der Waals surface area contributed by atoms with Gasteiger partial charge in [-0.1, -0.05) is 35.9 Å². The second kappa shape index (κ2) is 5.40. The Labute approximate surface area is 112 Å². The maximum Gasteiger partial charge on any atom is 0.126 e. The molecule has 94 valence electrons. The highest BCUT2D eigenvalue weighted by Gasteiger charge is 2.04. The molecule has 0 radical (unpaired) electrons. The first-order chi connectivity index (χ1) is 8.58. The van der Waals surface area contributed by atoms with E-state index >= 15 is 0 Å². The van der Waals surface area contributed by atoms with Crippen LogP contribution in [0.3, 0.4) is 0 Å². The lowest BCUT2D eigenvalue weighted by atomic mass is 10.1. The summed E-state index contributed by atoms with van der Waals surface area (Å²) in [6.45, 7) is 4.40. The zero-order valence-corrected chi connectivity index (χ0v) is 11.2. The lowest BCUT2D eigenvalue weighted by molar-refractivity contribution is 0.617. The third-order valence-electron chi connectivity index (χ3n) is 2.91. The van der Waals surface area contributed by atoms with E-state index < -0.39 is 0 Å². The molecular weight excluding hydrogens is 249 g/mol. The summed E-state index contributed by atoms with van der Waals surface area (Å²) in [5.74, 6) is -0.173. The van der Waals surface area contributed by atoms with E-state index in [1.807, 2.05) is 31.2 Å². The standard InChI is InChI=1S/C15H15ClFN/c1-10-4-3-5-13(16)15(10)18-9-12-6-7-14(17)11(2)8-12/h3-8,18H,9H2,1-2H3. The molecule has 1 nitrogen and oxygen atoms in total. The van der Waals surface area contributed by atoms with Gasteiger partial charge in [-0.25, -0.2) is 4.39 Å². The van der Waals surface area contributed by atoms with Gasteiger partial charge in [-0.15, -0.1) is 0 Å². The van der Waals surface area contributed by atoms with Gasteiger partial charge in [-0.3, -0.25) is 0 Å². The predicted octanol–water partition coefficient (Wildman–Crippen LogP) is 4.71. The number of rotatable bonds is 3. The largest absolute Gasteiger partial charge is 0.380 e. The van der Waals surface area contributed by atoms with Gasteiger partial charge in [0, 0.05) is 6.54 Å². The fourth-order valence-electron chi connectivity index (χ4n) is 1.86. The number of benzene rings is 2. The third-order valence-corrected chi connectivity index (χ3v) is 3.23. The number of hydrogen-bond donors (Lipinski definition) is 1. The zero-order valence-electron chi connectivity index (χ0n) is 10.4. The highest BCUT2D eigenvalue weighted by Crippen LogP contribution is 2.25. The van der Waals surface area contributed by atoms with Gasteiger partial charge in [-0.2, -0.15) is 0 Å². The van der Waals surface area contributed by atoms with Gasteiger partial charge in [0.2, 0.25) is 0 Å². The Kier molecular flexibility index (Phi) is 3.87. The van der Waals surface area contributed by atoms with Gasteiger partial charge in [0.1, 0.15) is 5.82 Å². The Hall–Kier alpha value is -1.54. The van der Waals surface area contributed by atoms with Crippen LogP contribution in [0.5, 0.6) is 0 Å². The fraction of sp³-hybridized carbons (Fsp3) is 0.200. The topological polar surface area (TPSA) is 12.0 Å². The van der Waals surface area contributed by atoms with Crippen LogP contribution >= 0.6 is 11.6 Å². The van der Waals surface area contributed by atoms with Crippen molar-refractivity contribution in [2.75, 3.05) is 5.32 Å². The summed E-state index contributed by atoms with van der Waals surface area (Å²) in [7, 11) is 0. The van der Waals surface area contributed by atoms with Crippen molar-refractivity contribution in [3.8, 4) is 0 Å². The number of halogens is 2. The van der Waals surface area contributed by atoms with Crippen molar-refractivity contribution in [3.63, 3.8) is 0 Å². The quantitative estimate of drug-likeness (QED) is 0.846. The lowest BCUT2D eigenvalue weighted by Crippen LogP contribution is -2.02. The van der Waals surface area contributed by atoms with Crippen LogP contribution in [-0.4, -0.2) is 0 Å². The summed E-state index contributed by atoms with van der Waals surface area (Å²) in [6.07, 6.45) is 0. The number of aryl methyl sites for hydroxylation is 2. The molecule has 0 spiro atoms. The highest BCUT2D eigenvalue weighted by molar-refractivity contribution is 6.33. The van der Waals surface area contributed by atoms with E-state index in [0.717, 1.165) is 16.8 Å². The molecule has 0 amide bonds. The van der Waals surface area contributed by atoms with Crippen LogP contribution in [-0.2, 0) is 6.54 Å². The predicted molar refractivity (Wildman–Crippen MR) is 74.7 cm³/mol. The Morgan fingerprint density at radius 2 is 1.89 bits per heavy atom. The zero-order chi connectivity index (χ0) is 13.1. The first kappa shape index (κ1) is 12.9. The van der Waals surface area contributed by atoms with Crippen LogP contribution in [0.15, 0.2) is 36.4 Å². The van der Waals surface area contributed by atoms with Gasteiger partial charge >= 0.3 is 0 Å². The molecule has 18 heavy (non-hydrogen) atoms. The molecule has 0 saturated heterocycles. The molecule has 3 heteroatoms. The first-order valence-electron chi connectivity index (χ1n) is 5.82. The maximum absolute atomic E-state index is 13.1. The van der Waals surface area contributed by atoms with Crippen molar-refractivity contribution in [3.05, 3.63) is 63.9 Å². The molecule has 0 fully saturated rings. The fourth-order valence-corrected chi connectivity index (χ4v) is 2.15. The molecule has 0 unspecified atom stereocenters. The van der Waals surface area contributed by atoms with Crippen molar-refractivity contribution in [1.29, 1.82) is 0 Å². The van der Waals surface area contributed by atoms with Gasteiger partial charge < -0.3 is 5.32 Å². The minimum atomic E-state index is -0.173. The average Bonchev–Trinajstić information content (AvgIpc) is 2.33. The van der Waals surface area contributed by atoms with Crippen molar-refractivity contribution in [2.24, 2.45) is 0 Å². The molecule has 0 bridgehead atoms. The van der Waals surface area contributed by atoms with Gasteiger partial charge in [0.05, 0.1) is 10.7 Å². The SMILES string of the molecule is Cc1cc(CNc2c(C)cccc2Cl)ccc1F. The molecule has 2 aromatic carbocycles. The summed E-state index contributed by atoms with van der Waals surface area (Å²) in [5, 5.41) is 3.99.